The maximum absolute atomic E-state index is 13.2. The summed E-state index contributed by atoms with van der Waals surface area (Å²) in [7, 11) is 0. The number of benzene rings is 1. The zero-order valence-electron chi connectivity index (χ0n) is 16.0. The van der Waals surface area contributed by atoms with Crippen molar-refractivity contribution in [3.8, 4) is 22.5 Å². The van der Waals surface area contributed by atoms with Gasteiger partial charge in [0, 0.05) is 28.5 Å². The zero-order valence-corrected chi connectivity index (χ0v) is 16.7. The van der Waals surface area contributed by atoms with E-state index in [1.165, 1.54) is 10.9 Å². The molecular weight excluding hydrogens is 404 g/mol. The molecule has 0 aliphatic heterocycles. The Morgan fingerprint density at radius 2 is 1.97 bits per heavy atom. The summed E-state index contributed by atoms with van der Waals surface area (Å²) in [6.45, 7) is 0.899. The van der Waals surface area contributed by atoms with Crippen LogP contribution in [0.4, 0.5) is 0 Å². The number of hydrogen-bond donors (Lipinski definition) is 1. The summed E-state index contributed by atoms with van der Waals surface area (Å²) in [4.78, 5) is 38.5. The topological polar surface area (TPSA) is 98.0 Å². The molecule has 8 heteroatoms. The molecule has 0 saturated heterocycles. The van der Waals surface area contributed by atoms with Crippen LogP contribution in [-0.4, -0.2) is 37.0 Å². The maximum atomic E-state index is 13.2. The quantitative estimate of drug-likeness (QED) is 0.532. The molecule has 3 heterocycles. The van der Waals surface area contributed by atoms with Crippen LogP contribution in [0.1, 0.15) is 13.0 Å². The van der Waals surface area contributed by atoms with E-state index in [9.17, 15) is 9.59 Å². The van der Waals surface area contributed by atoms with E-state index in [4.69, 9.17) is 21.7 Å². The van der Waals surface area contributed by atoms with Gasteiger partial charge in [-0.3, -0.25) is 19.1 Å². The molecule has 4 rings (SSSR count). The molecule has 3 aromatic heterocycles. The monoisotopic (exact) mass is 420 g/mol. The van der Waals surface area contributed by atoms with Crippen molar-refractivity contribution in [2.75, 3.05) is 6.61 Å². The van der Waals surface area contributed by atoms with Crippen LogP contribution in [-0.2, 0) is 4.79 Å². The molecule has 0 spiro atoms. The number of aliphatic hydroxyl groups excluding tert-OH is 1. The first-order chi connectivity index (χ1) is 14.5. The fourth-order valence-electron chi connectivity index (χ4n) is 3.18. The molecule has 30 heavy (non-hydrogen) atoms. The zero-order chi connectivity index (χ0) is 21.3. The van der Waals surface area contributed by atoms with E-state index in [2.05, 4.69) is 9.97 Å². The smallest absolute Gasteiger partial charge is 0.262 e. The van der Waals surface area contributed by atoms with Crippen LogP contribution in [0.15, 0.2) is 66.0 Å². The second-order valence-electron chi connectivity index (χ2n) is 6.76. The Balaban J connectivity index is 2.02. The Kier molecular flexibility index (Phi) is 5.39. The average molecular weight is 421 g/mol. The van der Waals surface area contributed by atoms with Gasteiger partial charge in [0.1, 0.15) is 12.1 Å². The first-order valence-corrected chi connectivity index (χ1v) is 9.59. The first kappa shape index (κ1) is 19.9. The molecule has 0 radical (unpaired) electrons. The summed E-state index contributed by atoms with van der Waals surface area (Å²) in [5.74, 6) is -0.474. The molecule has 0 aliphatic rings. The van der Waals surface area contributed by atoms with E-state index in [0.717, 1.165) is 5.56 Å². The molecular formula is C22H17ClN4O3. The van der Waals surface area contributed by atoms with Crippen molar-refractivity contribution in [3.63, 3.8) is 0 Å². The molecule has 1 N–H and O–H groups in total. The second-order valence-corrected chi connectivity index (χ2v) is 7.19. The number of pyridine rings is 2. The lowest BCUT2D eigenvalue weighted by Crippen LogP contribution is -2.30. The van der Waals surface area contributed by atoms with Gasteiger partial charge >= 0.3 is 0 Å². The average Bonchev–Trinajstić information content (AvgIpc) is 2.79. The summed E-state index contributed by atoms with van der Waals surface area (Å²) in [5, 5.41) is 10.1. The molecule has 150 valence electrons. The molecule has 7 nitrogen and oxygen atoms in total. The summed E-state index contributed by atoms with van der Waals surface area (Å²) in [6, 6.07) is 11.6. The summed E-state index contributed by atoms with van der Waals surface area (Å²) < 4.78 is 1.22. The van der Waals surface area contributed by atoms with Crippen molar-refractivity contribution < 1.29 is 9.90 Å². The van der Waals surface area contributed by atoms with E-state index in [-0.39, 0.29) is 0 Å². The number of halogens is 1. The highest BCUT2D eigenvalue weighted by atomic mass is 35.5. The third-order valence-corrected chi connectivity index (χ3v) is 5.13. The van der Waals surface area contributed by atoms with Crippen molar-refractivity contribution in [2.45, 2.75) is 13.0 Å². The van der Waals surface area contributed by atoms with Crippen LogP contribution in [0.5, 0.6) is 0 Å². The van der Waals surface area contributed by atoms with Gasteiger partial charge in [0.05, 0.1) is 29.1 Å². The van der Waals surface area contributed by atoms with Crippen molar-refractivity contribution in [2.24, 2.45) is 0 Å². The molecule has 0 saturated carbocycles. The van der Waals surface area contributed by atoms with E-state index in [0.29, 0.717) is 32.9 Å². The highest BCUT2D eigenvalue weighted by molar-refractivity contribution is 6.30. The lowest BCUT2D eigenvalue weighted by atomic mass is 10.1. The first-order valence-electron chi connectivity index (χ1n) is 9.21. The fourth-order valence-corrected chi connectivity index (χ4v) is 3.31. The normalized spacial score (nSPS) is 12.1. The van der Waals surface area contributed by atoms with Crippen molar-refractivity contribution in [1.29, 1.82) is 0 Å². The van der Waals surface area contributed by atoms with Crippen LogP contribution >= 0.6 is 11.6 Å². The van der Waals surface area contributed by atoms with E-state index in [1.54, 1.807) is 43.6 Å². The van der Waals surface area contributed by atoms with E-state index >= 15 is 0 Å². The Hall–Kier alpha value is -3.42. The highest BCUT2D eigenvalue weighted by Crippen LogP contribution is 2.29. The molecule has 0 bridgehead atoms. The van der Waals surface area contributed by atoms with Gasteiger partial charge in [0.25, 0.3) is 5.56 Å². The third kappa shape index (κ3) is 3.60. The largest absolute Gasteiger partial charge is 0.389 e. The molecule has 4 aromatic rings. The Morgan fingerprint density at radius 3 is 2.63 bits per heavy atom. The van der Waals surface area contributed by atoms with Crippen molar-refractivity contribution in [3.05, 3.63) is 76.6 Å². The van der Waals surface area contributed by atoms with Crippen LogP contribution in [0.2, 0.25) is 5.02 Å². The van der Waals surface area contributed by atoms with Gasteiger partial charge in [-0.05, 0) is 37.3 Å². The second kappa shape index (κ2) is 8.14. The van der Waals surface area contributed by atoms with Crippen LogP contribution in [0.25, 0.3) is 33.4 Å². The number of carbonyl (C=O) groups is 1. The Labute approximate surface area is 176 Å². The minimum absolute atomic E-state index is 0.314. The SMILES string of the molecule is CC(C(=O)CO)n1cnc2c(-c3cccnc3)nc(-c3ccc(Cl)cc3)cc2c1=O. The number of carbonyl (C=O) groups excluding carboxylic acids is 1. The van der Waals surface area contributed by atoms with Gasteiger partial charge in [-0.15, -0.1) is 0 Å². The van der Waals surface area contributed by atoms with Gasteiger partial charge < -0.3 is 5.11 Å². The van der Waals surface area contributed by atoms with Gasteiger partial charge in [-0.2, -0.15) is 0 Å². The van der Waals surface area contributed by atoms with E-state index < -0.39 is 24.0 Å². The predicted octanol–water partition coefficient (Wildman–Crippen LogP) is 3.30. The van der Waals surface area contributed by atoms with Gasteiger partial charge in [0.15, 0.2) is 5.78 Å². The molecule has 0 aliphatic carbocycles. The highest BCUT2D eigenvalue weighted by Gasteiger charge is 2.19. The number of ketones is 1. The van der Waals surface area contributed by atoms with Crippen LogP contribution < -0.4 is 5.56 Å². The van der Waals surface area contributed by atoms with Crippen molar-refractivity contribution in [1.82, 2.24) is 19.5 Å². The van der Waals surface area contributed by atoms with E-state index in [1.807, 2.05) is 18.2 Å². The summed E-state index contributed by atoms with van der Waals surface area (Å²) in [5.41, 5.74) is 2.58. The number of hydrogen-bond acceptors (Lipinski definition) is 6. The van der Waals surface area contributed by atoms with Crippen LogP contribution in [0, 0.1) is 0 Å². The molecule has 1 aromatic carbocycles. The minimum Gasteiger partial charge on any atom is -0.389 e. The lowest BCUT2D eigenvalue weighted by Gasteiger charge is -2.15. The van der Waals surface area contributed by atoms with Crippen LogP contribution in [0.3, 0.4) is 0 Å². The molecule has 1 atom stereocenters. The third-order valence-electron chi connectivity index (χ3n) is 4.88. The summed E-state index contributed by atoms with van der Waals surface area (Å²) in [6.07, 6.45) is 4.61. The van der Waals surface area contributed by atoms with Crippen molar-refractivity contribution >= 4 is 28.3 Å². The molecule has 0 fully saturated rings. The van der Waals surface area contributed by atoms with Gasteiger partial charge in [-0.25, -0.2) is 9.97 Å². The number of fused-ring (bicyclic) bond motifs is 1. The molecule has 1 unspecified atom stereocenters. The minimum atomic E-state index is -0.839. The predicted molar refractivity (Wildman–Crippen MR) is 114 cm³/mol. The fraction of sp³-hybridized carbons (Fsp3) is 0.136. The molecule has 0 amide bonds. The summed E-state index contributed by atoms with van der Waals surface area (Å²) >= 11 is 6.00. The Morgan fingerprint density at radius 1 is 1.20 bits per heavy atom. The van der Waals surface area contributed by atoms with Gasteiger partial charge in [0.2, 0.25) is 0 Å². The Bertz CT molecular complexity index is 1290. The number of rotatable bonds is 5. The maximum Gasteiger partial charge on any atom is 0.262 e. The lowest BCUT2D eigenvalue weighted by molar-refractivity contribution is -0.124. The number of aliphatic hydroxyl groups is 1. The number of nitrogens with zero attached hydrogens (tertiary/aromatic N) is 4. The van der Waals surface area contributed by atoms with Gasteiger partial charge in [-0.1, -0.05) is 23.7 Å². The standard InChI is InChI=1S/C22H17ClN4O3/c1-13(19(29)11-28)27-12-25-21-17(22(27)30)9-18(14-4-6-16(23)7-5-14)26-20(21)15-3-2-8-24-10-15/h2-10,12-13,28H,11H2,1H3. The number of aromatic nitrogens is 4. The number of Topliss-reactive ketones (excluding diaryl/α,β-unsaturated/α-hetero) is 1.